The van der Waals surface area contributed by atoms with E-state index in [4.69, 9.17) is 14.0 Å². The Bertz CT molecular complexity index is 538. The molecule has 1 aromatic heterocycles. The van der Waals surface area contributed by atoms with Crippen molar-refractivity contribution < 1.29 is 14.0 Å². The molecule has 1 unspecified atom stereocenters. The standard InChI is InChI=1S/C15H19N3O3/c1-2-5-12(6-3-1)14-17-15(18-21-14)16-8-10-19-11-13-7-4-9-20-13/h1-3,5-6,13H,4,7-11H2,(H,16,18). The second kappa shape index (κ2) is 7.19. The molecule has 1 aliphatic rings. The van der Waals surface area contributed by atoms with Gasteiger partial charge in [-0.15, -0.1) is 0 Å². The molecule has 1 atom stereocenters. The van der Waals surface area contributed by atoms with Gasteiger partial charge in [-0.2, -0.15) is 4.98 Å². The normalized spacial score (nSPS) is 18.0. The summed E-state index contributed by atoms with van der Waals surface area (Å²) in [5, 5.41) is 6.97. The Labute approximate surface area is 123 Å². The Morgan fingerprint density at radius 2 is 2.19 bits per heavy atom. The summed E-state index contributed by atoms with van der Waals surface area (Å²) in [7, 11) is 0. The van der Waals surface area contributed by atoms with Crippen LogP contribution in [0, 0.1) is 0 Å². The van der Waals surface area contributed by atoms with E-state index < -0.39 is 0 Å². The smallest absolute Gasteiger partial charge is 0.263 e. The van der Waals surface area contributed by atoms with Crippen molar-refractivity contribution in [2.75, 3.05) is 31.7 Å². The molecule has 21 heavy (non-hydrogen) atoms. The van der Waals surface area contributed by atoms with E-state index in [0.29, 0.717) is 31.6 Å². The zero-order valence-electron chi connectivity index (χ0n) is 11.8. The summed E-state index contributed by atoms with van der Waals surface area (Å²) < 4.78 is 16.2. The first-order valence-corrected chi connectivity index (χ1v) is 7.24. The third kappa shape index (κ3) is 4.03. The van der Waals surface area contributed by atoms with Gasteiger partial charge >= 0.3 is 0 Å². The van der Waals surface area contributed by atoms with Crippen molar-refractivity contribution in [2.24, 2.45) is 0 Å². The van der Waals surface area contributed by atoms with Crippen LogP contribution in [-0.4, -0.2) is 42.6 Å². The maximum Gasteiger partial charge on any atom is 0.263 e. The molecule has 1 N–H and O–H groups in total. The first kappa shape index (κ1) is 14.0. The van der Waals surface area contributed by atoms with Crippen molar-refractivity contribution in [3.8, 4) is 11.5 Å². The molecule has 0 spiro atoms. The molecular weight excluding hydrogens is 270 g/mol. The van der Waals surface area contributed by atoms with Crippen molar-refractivity contribution in [2.45, 2.75) is 18.9 Å². The van der Waals surface area contributed by atoms with Gasteiger partial charge in [-0.1, -0.05) is 18.2 Å². The van der Waals surface area contributed by atoms with E-state index in [1.165, 1.54) is 0 Å². The summed E-state index contributed by atoms with van der Waals surface area (Å²) in [4.78, 5) is 4.29. The van der Waals surface area contributed by atoms with Crippen LogP contribution in [0.4, 0.5) is 5.95 Å². The Kier molecular flexibility index (Phi) is 4.81. The SMILES string of the molecule is c1ccc(-c2nc(NCCOCC3CCCO3)no2)cc1. The Balaban J connectivity index is 1.39. The monoisotopic (exact) mass is 289 g/mol. The number of hydrogen-bond donors (Lipinski definition) is 1. The van der Waals surface area contributed by atoms with Gasteiger partial charge in [0.1, 0.15) is 0 Å². The van der Waals surface area contributed by atoms with Crippen LogP contribution in [0.2, 0.25) is 0 Å². The predicted octanol–water partition coefficient (Wildman–Crippen LogP) is 2.34. The zero-order chi connectivity index (χ0) is 14.3. The van der Waals surface area contributed by atoms with Gasteiger partial charge in [-0.05, 0) is 30.1 Å². The van der Waals surface area contributed by atoms with Crippen molar-refractivity contribution in [1.82, 2.24) is 10.1 Å². The van der Waals surface area contributed by atoms with E-state index >= 15 is 0 Å². The number of aromatic nitrogens is 2. The zero-order valence-corrected chi connectivity index (χ0v) is 11.8. The average Bonchev–Trinajstić information content (AvgIpc) is 3.19. The van der Waals surface area contributed by atoms with Gasteiger partial charge in [0.15, 0.2) is 0 Å². The molecule has 6 nitrogen and oxygen atoms in total. The summed E-state index contributed by atoms with van der Waals surface area (Å²) in [6, 6.07) is 9.69. The fraction of sp³-hybridized carbons (Fsp3) is 0.467. The molecule has 1 aromatic carbocycles. The van der Waals surface area contributed by atoms with Crippen LogP contribution < -0.4 is 5.32 Å². The third-order valence-corrected chi connectivity index (χ3v) is 3.30. The van der Waals surface area contributed by atoms with Gasteiger partial charge < -0.3 is 19.3 Å². The fourth-order valence-corrected chi connectivity index (χ4v) is 2.22. The number of ether oxygens (including phenoxy) is 2. The molecule has 0 radical (unpaired) electrons. The highest BCUT2D eigenvalue weighted by atomic mass is 16.5. The van der Waals surface area contributed by atoms with E-state index in [0.717, 1.165) is 25.0 Å². The quantitative estimate of drug-likeness (QED) is 0.789. The van der Waals surface area contributed by atoms with E-state index in [2.05, 4.69) is 15.5 Å². The van der Waals surface area contributed by atoms with Gasteiger partial charge in [0.25, 0.3) is 11.8 Å². The van der Waals surface area contributed by atoms with Crippen molar-refractivity contribution in [3.05, 3.63) is 30.3 Å². The molecule has 0 amide bonds. The molecule has 1 aliphatic heterocycles. The lowest BCUT2D eigenvalue weighted by atomic mass is 10.2. The molecule has 0 bridgehead atoms. The number of benzene rings is 1. The number of anilines is 1. The van der Waals surface area contributed by atoms with Gasteiger partial charge in [0.2, 0.25) is 0 Å². The van der Waals surface area contributed by atoms with Crippen molar-refractivity contribution in [1.29, 1.82) is 0 Å². The maximum atomic E-state index is 5.56. The molecule has 1 fully saturated rings. The van der Waals surface area contributed by atoms with E-state index in [1.54, 1.807) is 0 Å². The molecule has 2 aromatic rings. The van der Waals surface area contributed by atoms with Gasteiger partial charge in [0.05, 0.1) is 19.3 Å². The minimum absolute atomic E-state index is 0.264. The average molecular weight is 289 g/mol. The third-order valence-electron chi connectivity index (χ3n) is 3.30. The van der Waals surface area contributed by atoms with Gasteiger partial charge in [-0.3, -0.25) is 0 Å². The lowest BCUT2D eigenvalue weighted by Gasteiger charge is -2.09. The number of nitrogens with zero attached hydrogens (tertiary/aromatic N) is 2. The molecular formula is C15H19N3O3. The van der Waals surface area contributed by atoms with Gasteiger partial charge in [0, 0.05) is 18.7 Å². The van der Waals surface area contributed by atoms with Crippen LogP contribution in [0.1, 0.15) is 12.8 Å². The highest BCUT2D eigenvalue weighted by Gasteiger charge is 2.15. The predicted molar refractivity (Wildman–Crippen MR) is 78.0 cm³/mol. The Morgan fingerprint density at radius 1 is 1.29 bits per heavy atom. The van der Waals surface area contributed by atoms with E-state index in [1.807, 2.05) is 30.3 Å². The maximum absolute atomic E-state index is 5.56. The lowest BCUT2D eigenvalue weighted by molar-refractivity contribution is 0.0206. The van der Waals surface area contributed by atoms with Crippen LogP contribution >= 0.6 is 0 Å². The van der Waals surface area contributed by atoms with Crippen LogP contribution in [0.3, 0.4) is 0 Å². The van der Waals surface area contributed by atoms with Crippen molar-refractivity contribution in [3.63, 3.8) is 0 Å². The molecule has 0 saturated carbocycles. The van der Waals surface area contributed by atoms with Crippen LogP contribution in [0.15, 0.2) is 34.9 Å². The van der Waals surface area contributed by atoms with Crippen LogP contribution in [0.25, 0.3) is 11.5 Å². The minimum Gasteiger partial charge on any atom is -0.377 e. The molecule has 1 saturated heterocycles. The molecule has 0 aliphatic carbocycles. The molecule has 112 valence electrons. The molecule has 6 heteroatoms. The second-order valence-electron chi connectivity index (χ2n) is 4.93. The summed E-state index contributed by atoms with van der Waals surface area (Å²) in [5.41, 5.74) is 0.910. The summed E-state index contributed by atoms with van der Waals surface area (Å²) >= 11 is 0. The lowest BCUT2D eigenvalue weighted by Crippen LogP contribution is -2.18. The highest BCUT2D eigenvalue weighted by molar-refractivity contribution is 5.53. The topological polar surface area (TPSA) is 69.4 Å². The number of hydrogen-bond acceptors (Lipinski definition) is 6. The Morgan fingerprint density at radius 3 is 3.00 bits per heavy atom. The van der Waals surface area contributed by atoms with Crippen molar-refractivity contribution >= 4 is 5.95 Å². The summed E-state index contributed by atoms with van der Waals surface area (Å²) in [5.74, 6) is 0.993. The first-order chi connectivity index (χ1) is 10.4. The Hall–Kier alpha value is -1.92. The molecule has 3 rings (SSSR count). The largest absolute Gasteiger partial charge is 0.377 e. The van der Waals surface area contributed by atoms with E-state index in [9.17, 15) is 0 Å². The van der Waals surface area contributed by atoms with Crippen LogP contribution in [0.5, 0.6) is 0 Å². The van der Waals surface area contributed by atoms with Crippen LogP contribution in [-0.2, 0) is 9.47 Å². The summed E-state index contributed by atoms with van der Waals surface area (Å²) in [6.07, 6.45) is 2.50. The number of rotatable bonds is 7. The molecule has 2 heterocycles. The number of nitrogens with one attached hydrogen (secondary N) is 1. The fourth-order valence-electron chi connectivity index (χ4n) is 2.22. The first-order valence-electron chi connectivity index (χ1n) is 7.24. The summed E-state index contributed by atoms with van der Waals surface area (Å²) in [6.45, 7) is 2.75. The minimum atomic E-state index is 0.264. The van der Waals surface area contributed by atoms with E-state index in [-0.39, 0.29) is 6.10 Å². The highest BCUT2D eigenvalue weighted by Crippen LogP contribution is 2.17. The second-order valence-corrected chi connectivity index (χ2v) is 4.93. The van der Waals surface area contributed by atoms with Gasteiger partial charge in [-0.25, -0.2) is 0 Å².